The van der Waals surface area contributed by atoms with E-state index >= 15 is 0 Å². The van der Waals surface area contributed by atoms with Crippen molar-refractivity contribution in [2.24, 2.45) is 0 Å². The fourth-order valence-electron chi connectivity index (χ4n) is 2.81. The number of carbonyl (C=O) groups excluding carboxylic acids is 2. The van der Waals surface area contributed by atoms with Crippen molar-refractivity contribution in [1.82, 2.24) is 10.2 Å². The lowest BCUT2D eigenvalue weighted by Gasteiger charge is -2.24. The molecule has 2 aromatic carbocycles. The molecule has 2 aromatic rings. The Balaban J connectivity index is 1.87. The molecule has 0 aromatic heterocycles. The van der Waals surface area contributed by atoms with Gasteiger partial charge in [-0.2, -0.15) is 0 Å². The van der Waals surface area contributed by atoms with Crippen molar-refractivity contribution >= 4 is 17.5 Å². The molecule has 0 saturated heterocycles. The molecule has 0 aliphatic heterocycles. The molecule has 2 rings (SSSR count). The Bertz CT molecular complexity index is 851. The van der Waals surface area contributed by atoms with Crippen molar-refractivity contribution in [3.63, 3.8) is 0 Å². The van der Waals surface area contributed by atoms with Crippen molar-refractivity contribution in [1.29, 1.82) is 0 Å². The lowest BCUT2D eigenvalue weighted by atomic mass is 10.1. The van der Waals surface area contributed by atoms with E-state index in [1.54, 1.807) is 36.4 Å². The van der Waals surface area contributed by atoms with Crippen LogP contribution < -0.4 is 10.6 Å². The third-order valence-electron chi connectivity index (χ3n) is 4.46. The Morgan fingerprint density at radius 2 is 1.86 bits per heavy atom. The molecular weight excluding hydrogens is 350 g/mol. The minimum Gasteiger partial charge on any atom is -0.343 e. The molecule has 0 spiro atoms. The highest BCUT2D eigenvalue weighted by Gasteiger charge is 2.11. The van der Waals surface area contributed by atoms with Crippen molar-refractivity contribution in [2.75, 3.05) is 18.4 Å². The minimum absolute atomic E-state index is 0.113. The summed E-state index contributed by atoms with van der Waals surface area (Å²) in [5.74, 6) is 1.92. The Morgan fingerprint density at radius 3 is 2.46 bits per heavy atom. The number of hydrogen-bond donors (Lipinski definition) is 2. The second kappa shape index (κ2) is 10.3. The number of hydrogen-bond acceptors (Lipinski definition) is 3. The number of benzene rings is 2. The van der Waals surface area contributed by atoms with E-state index in [-0.39, 0.29) is 18.4 Å². The van der Waals surface area contributed by atoms with E-state index in [1.807, 2.05) is 12.1 Å². The van der Waals surface area contributed by atoms with Gasteiger partial charge in [0.25, 0.3) is 5.91 Å². The highest BCUT2D eigenvalue weighted by molar-refractivity contribution is 5.99. The van der Waals surface area contributed by atoms with Gasteiger partial charge >= 0.3 is 0 Å². The van der Waals surface area contributed by atoms with E-state index in [9.17, 15) is 9.59 Å². The summed E-state index contributed by atoms with van der Waals surface area (Å²) in [4.78, 5) is 26.7. The monoisotopic (exact) mass is 377 g/mol. The summed E-state index contributed by atoms with van der Waals surface area (Å²) in [6.45, 7) is 8.17. The van der Waals surface area contributed by atoms with Gasteiger partial charge in [-0.05, 0) is 56.3 Å². The molecule has 2 amide bonds. The number of nitrogens with zero attached hydrogens (tertiary/aromatic N) is 1. The normalized spacial score (nSPS) is 10.6. The Morgan fingerprint density at radius 1 is 1.14 bits per heavy atom. The second-order valence-corrected chi connectivity index (χ2v) is 6.81. The van der Waals surface area contributed by atoms with Gasteiger partial charge in [-0.1, -0.05) is 31.0 Å². The van der Waals surface area contributed by atoms with Gasteiger partial charge in [0.2, 0.25) is 5.91 Å². The third-order valence-corrected chi connectivity index (χ3v) is 4.46. The summed E-state index contributed by atoms with van der Waals surface area (Å²) in [5, 5.41) is 5.35. The average molecular weight is 377 g/mol. The van der Waals surface area contributed by atoms with Gasteiger partial charge in [0, 0.05) is 29.4 Å². The van der Waals surface area contributed by atoms with Crippen LogP contribution in [0.3, 0.4) is 0 Å². The zero-order valence-electron chi connectivity index (χ0n) is 16.7. The van der Waals surface area contributed by atoms with Crippen LogP contribution in [0.5, 0.6) is 0 Å². The maximum atomic E-state index is 12.3. The first-order valence-corrected chi connectivity index (χ1v) is 9.40. The van der Waals surface area contributed by atoms with Gasteiger partial charge in [0.1, 0.15) is 0 Å². The molecule has 0 radical (unpaired) electrons. The van der Waals surface area contributed by atoms with E-state index in [1.165, 1.54) is 0 Å². The van der Waals surface area contributed by atoms with Crippen molar-refractivity contribution in [3.05, 3.63) is 65.2 Å². The van der Waals surface area contributed by atoms with E-state index < -0.39 is 0 Å². The number of carbonyl (C=O) groups is 2. The van der Waals surface area contributed by atoms with Crippen molar-refractivity contribution in [2.45, 2.75) is 33.4 Å². The predicted octanol–water partition coefficient (Wildman–Crippen LogP) is 3.27. The van der Waals surface area contributed by atoms with E-state index in [0.717, 1.165) is 18.7 Å². The highest BCUT2D eigenvalue weighted by Crippen LogP contribution is 2.11. The Labute approximate surface area is 167 Å². The van der Waals surface area contributed by atoms with Crippen LogP contribution in [0.4, 0.5) is 5.69 Å². The summed E-state index contributed by atoms with van der Waals surface area (Å²) >= 11 is 0. The molecule has 5 heteroatoms. The van der Waals surface area contributed by atoms with E-state index in [4.69, 9.17) is 6.42 Å². The van der Waals surface area contributed by atoms with Crippen LogP contribution in [0.1, 0.15) is 42.3 Å². The van der Waals surface area contributed by atoms with Crippen LogP contribution in [-0.2, 0) is 11.3 Å². The SMILES string of the molecule is C#Cc1cccc(NC(=O)CNC(=O)c2ccc(CN(CC)C(C)C)cc2)c1. The van der Waals surface area contributed by atoms with Crippen LogP contribution in [0.25, 0.3) is 0 Å². The van der Waals surface area contributed by atoms with Gasteiger partial charge in [0.15, 0.2) is 0 Å². The Hall–Kier alpha value is -3.10. The van der Waals surface area contributed by atoms with Crippen molar-refractivity contribution < 1.29 is 9.59 Å². The molecular formula is C23H27N3O2. The molecule has 28 heavy (non-hydrogen) atoms. The van der Waals surface area contributed by atoms with Crippen LogP contribution in [0, 0.1) is 12.3 Å². The van der Waals surface area contributed by atoms with Gasteiger partial charge in [0.05, 0.1) is 6.54 Å². The summed E-state index contributed by atoms with van der Waals surface area (Å²) in [7, 11) is 0. The molecule has 0 aliphatic carbocycles. The zero-order valence-corrected chi connectivity index (χ0v) is 16.7. The molecule has 0 fully saturated rings. The molecule has 0 unspecified atom stereocenters. The fraction of sp³-hybridized carbons (Fsp3) is 0.304. The zero-order chi connectivity index (χ0) is 20.5. The maximum absolute atomic E-state index is 12.3. The van der Waals surface area contributed by atoms with Crippen LogP contribution in [-0.4, -0.2) is 35.8 Å². The molecule has 0 saturated carbocycles. The predicted molar refractivity (Wildman–Crippen MR) is 113 cm³/mol. The van der Waals surface area contributed by atoms with E-state index in [0.29, 0.717) is 22.9 Å². The standard InChI is InChI=1S/C23H27N3O2/c1-5-18-8-7-9-21(14-18)25-22(27)15-24-23(28)20-12-10-19(11-13-20)16-26(6-2)17(3)4/h1,7-14,17H,6,15-16H2,2-4H3,(H,24,28)(H,25,27). The maximum Gasteiger partial charge on any atom is 0.251 e. The first-order valence-electron chi connectivity index (χ1n) is 9.40. The number of nitrogens with one attached hydrogen (secondary N) is 2. The van der Waals surface area contributed by atoms with Gasteiger partial charge in [-0.25, -0.2) is 0 Å². The smallest absolute Gasteiger partial charge is 0.251 e. The van der Waals surface area contributed by atoms with Crippen LogP contribution in [0.15, 0.2) is 48.5 Å². The lowest BCUT2D eigenvalue weighted by Crippen LogP contribution is -2.33. The number of terminal acetylenes is 1. The number of amides is 2. The molecule has 0 heterocycles. The summed E-state index contributed by atoms with van der Waals surface area (Å²) in [5.41, 5.74) is 2.96. The molecule has 146 valence electrons. The summed E-state index contributed by atoms with van der Waals surface area (Å²) in [6, 6.07) is 14.9. The molecule has 0 aliphatic rings. The third kappa shape index (κ3) is 6.26. The highest BCUT2D eigenvalue weighted by atomic mass is 16.2. The minimum atomic E-state index is -0.310. The quantitative estimate of drug-likeness (QED) is 0.694. The number of anilines is 1. The summed E-state index contributed by atoms with van der Waals surface area (Å²) in [6.07, 6.45) is 5.35. The Kier molecular flexibility index (Phi) is 7.79. The average Bonchev–Trinajstić information content (AvgIpc) is 2.70. The summed E-state index contributed by atoms with van der Waals surface area (Å²) < 4.78 is 0. The molecule has 5 nitrogen and oxygen atoms in total. The van der Waals surface area contributed by atoms with Gasteiger partial charge in [-0.15, -0.1) is 6.42 Å². The largest absolute Gasteiger partial charge is 0.343 e. The second-order valence-electron chi connectivity index (χ2n) is 6.81. The molecule has 2 N–H and O–H groups in total. The van der Waals surface area contributed by atoms with Gasteiger partial charge < -0.3 is 10.6 Å². The first-order chi connectivity index (χ1) is 13.4. The fourth-order valence-corrected chi connectivity index (χ4v) is 2.81. The topological polar surface area (TPSA) is 61.4 Å². The van der Waals surface area contributed by atoms with Gasteiger partial charge in [-0.3, -0.25) is 14.5 Å². The lowest BCUT2D eigenvalue weighted by molar-refractivity contribution is -0.115. The van der Waals surface area contributed by atoms with Crippen LogP contribution >= 0.6 is 0 Å². The molecule has 0 atom stereocenters. The van der Waals surface area contributed by atoms with E-state index in [2.05, 4.69) is 42.2 Å². The van der Waals surface area contributed by atoms with Crippen LogP contribution in [0.2, 0.25) is 0 Å². The van der Waals surface area contributed by atoms with Crippen molar-refractivity contribution in [3.8, 4) is 12.3 Å². The first kappa shape index (κ1) is 21.2. The molecule has 0 bridgehead atoms. The number of rotatable bonds is 8.